The molecule has 0 aliphatic heterocycles. The average Bonchev–Trinajstić information content (AvgIpc) is 2.56. The van der Waals surface area contributed by atoms with Crippen molar-refractivity contribution in [3.05, 3.63) is 0 Å². The largest absolute Gasteiger partial charge is 0.460 e. The van der Waals surface area contributed by atoms with Crippen molar-refractivity contribution in [1.29, 1.82) is 0 Å². The number of carbonyl (C=O) groups excluding carboxylic acids is 4. The molecular weight excluding hydrogens is 426 g/mol. The molecule has 0 N–H and O–H groups in total. The van der Waals surface area contributed by atoms with Gasteiger partial charge < -0.3 is 19.1 Å². The maximum atomic E-state index is 12.4. The van der Waals surface area contributed by atoms with Crippen LogP contribution in [0, 0.1) is 0 Å². The van der Waals surface area contributed by atoms with Crippen LogP contribution in [0.15, 0.2) is 0 Å². The van der Waals surface area contributed by atoms with Crippen LogP contribution in [0.4, 0.5) is 0 Å². The molecule has 0 aliphatic carbocycles. The zero-order chi connectivity index (χ0) is 26.3. The van der Waals surface area contributed by atoms with E-state index in [0.29, 0.717) is 0 Å². The van der Waals surface area contributed by atoms with Crippen LogP contribution in [0.2, 0.25) is 0 Å². The van der Waals surface area contributed by atoms with Crippen molar-refractivity contribution in [1.82, 2.24) is 4.90 Å². The molecule has 8 heteroatoms. The monoisotopic (exact) mass is 471 g/mol. The third-order valence-corrected chi connectivity index (χ3v) is 4.83. The molecule has 0 bridgehead atoms. The lowest BCUT2D eigenvalue weighted by Crippen LogP contribution is -2.50. The number of ether oxygens (including phenoxy) is 3. The Morgan fingerprint density at radius 2 is 0.818 bits per heavy atom. The molecule has 8 nitrogen and oxygen atoms in total. The zero-order valence-electron chi connectivity index (χ0n) is 22.5. The molecule has 33 heavy (non-hydrogen) atoms. The van der Waals surface area contributed by atoms with E-state index in [1.165, 1.54) is 11.8 Å². The smallest absolute Gasteiger partial charge is 0.306 e. The number of rotatable bonds is 10. The first-order valence-electron chi connectivity index (χ1n) is 11.6. The summed E-state index contributed by atoms with van der Waals surface area (Å²) in [4.78, 5) is 51.2. The summed E-state index contributed by atoms with van der Waals surface area (Å²) in [6, 6.07) is 0. The standard InChI is InChI=1S/C25H45NO7/c1-18(27)26(11)25(15-12-19(28)31-22(2,3)4,16-13-20(29)32-23(5,6)7)17-14-21(30)33-24(8,9)10/h12-17H2,1-11H3. The summed E-state index contributed by atoms with van der Waals surface area (Å²) >= 11 is 0. The van der Waals surface area contributed by atoms with Crippen molar-refractivity contribution >= 4 is 23.8 Å². The van der Waals surface area contributed by atoms with Crippen LogP contribution in [0.1, 0.15) is 108 Å². The van der Waals surface area contributed by atoms with E-state index in [1.807, 2.05) is 0 Å². The van der Waals surface area contributed by atoms with Gasteiger partial charge in [-0.2, -0.15) is 0 Å². The molecule has 0 saturated carbocycles. The lowest BCUT2D eigenvalue weighted by atomic mass is 9.82. The summed E-state index contributed by atoms with van der Waals surface area (Å²) in [7, 11) is 1.63. The van der Waals surface area contributed by atoms with E-state index in [2.05, 4.69) is 0 Å². The lowest BCUT2D eigenvalue weighted by Gasteiger charge is -2.42. The van der Waals surface area contributed by atoms with E-state index in [4.69, 9.17) is 14.2 Å². The molecule has 0 rings (SSSR count). The molecule has 0 atom stereocenters. The number of esters is 3. The normalized spacial score (nSPS) is 12.7. The van der Waals surface area contributed by atoms with Gasteiger partial charge in [0.05, 0.1) is 0 Å². The summed E-state index contributed by atoms with van der Waals surface area (Å²) in [5.41, 5.74) is -2.84. The van der Waals surface area contributed by atoms with Gasteiger partial charge in [-0.3, -0.25) is 19.2 Å². The molecule has 0 aromatic heterocycles. The van der Waals surface area contributed by atoms with E-state index in [0.717, 1.165) is 0 Å². The fraction of sp³-hybridized carbons (Fsp3) is 0.840. The quantitative estimate of drug-likeness (QED) is 0.340. The zero-order valence-corrected chi connectivity index (χ0v) is 22.5. The van der Waals surface area contributed by atoms with Crippen LogP contribution in [-0.2, 0) is 33.4 Å². The summed E-state index contributed by atoms with van der Waals surface area (Å²) in [5.74, 6) is -1.44. The van der Waals surface area contributed by atoms with Gasteiger partial charge in [0.25, 0.3) is 0 Å². The predicted octanol–water partition coefficient (Wildman–Crippen LogP) is 4.57. The van der Waals surface area contributed by atoms with Crippen LogP contribution in [0.5, 0.6) is 0 Å². The third-order valence-electron chi connectivity index (χ3n) is 4.83. The van der Waals surface area contributed by atoms with Gasteiger partial charge in [-0.1, -0.05) is 0 Å². The van der Waals surface area contributed by atoms with Gasteiger partial charge in [-0.15, -0.1) is 0 Å². The molecule has 0 unspecified atom stereocenters. The van der Waals surface area contributed by atoms with Gasteiger partial charge in [0.2, 0.25) is 5.91 Å². The van der Waals surface area contributed by atoms with Crippen molar-refractivity contribution in [3.63, 3.8) is 0 Å². The Morgan fingerprint density at radius 3 is 1.00 bits per heavy atom. The molecule has 0 aliphatic rings. The second-order valence-electron chi connectivity index (χ2n) is 11.6. The van der Waals surface area contributed by atoms with Gasteiger partial charge >= 0.3 is 17.9 Å². The van der Waals surface area contributed by atoms with Crippen molar-refractivity contribution in [2.75, 3.05) is 7.05 Å². The van der Waals surface area contributed by atoms with Gasteiger partial charge in [-0.25, -0.2) is 0 Å². The predicted molar refractivity (Wildman–Crippen MR) is 126 cm³/mol. The van der Waals surface area contributed by atoms with Crippen molar-refractivity contribution in [2.24, 2.45) is 0 Å². The molecule has 0 radical (unpaired) electrons. The molecule has 0 saturated heterocycles. The Hall–Kier alpha value is -2.12. The first-order valence-corrected chi connectivity index (χ1v) is 11.6. The molecule has 0 spiro atoms. The second-order valence-corrected chi connectivity index (χ2v) is 11.6. The van der Waals surface area contributed by atoms with Crippen LogP contribution in [0.3, 0.4) is 0 Å². The average molecular weight is 472 g/mol. The Labute approximate surface area is 199 Å². The van der Waals surface area contributed by atoms with Gasteiger partial charge in [0.15, 0.2) is 0 Å². The number of amides is 1. The minimum atomic E-state index is -0.920. The highest BCUT2D eigenvalue weighted by molar-refractivity contribution is 5.75. The van der Waals surface area contributed by atoms with Crippen molar-refractivity contribution in [2.45, 2.75) is 130 Å². The fourth-order valence-corrected chi connectivity index (χ4v) is 3.39. The lowest BCUT2D eigenvalue weighted by molar-refractivity contribution is -0.158. The van der Waals surface area contributed by atoms with E-state index < -0.39 is 40.2 Å². The number of carbonyl (C=O) groups is 4. The third kappa shape index (κ3) is 13.9. The molecule has 192 valence electrons. The molecule has 1 amide bonds. The Morgan fingerprint density at radius 1 is 0.576 bits per heavy atom. The van der Waals surface area contributed by atoms with E-state index >= 15 is 0 Å². The molecular formula is C25H45NO7. The Balaban J connectivity index is 5.79. The minimum Gasteiger partial charge on any atom is -0.460 e. The van der Waals surface area contributed by atoms with Crippen molar-refractivity contribution in [3.8, 4) is 0 Å². The SMILES string of the molecule is CC(=O)N(C)C(CCC(=O)OC(C)(C)C)(CCC(=O)OC(C)(C)C)CCC(=O)OC(C)(C)C. The molecule has 0 aromatic carbocycles. The van der Waals surface area contributed by atoms with Crippen LogP contribution < -0.4 is 0 Å². The van der Waals surface area contributed by atoms with Gasteiger partial charge in [-0.05, 0) is 81.6 Å². The maximum absolute atomic E-state index is 12.4. The second kappa shape index (κ2) is 11.8. The van der Waals surface area contributed by atoms with Gasteiger partial charge in [0, 0.05) is 38.8 Å². The van der Waals surface area contributed by atoms with E-state index in [-0.39, 0.29) is 44.4 Å². The summed E-state index contributed by atoms with van der Waals surface area (Å²) in [6.07, 6.45) is 0.837. The molecule has 0 heterocycles. The first-order chi connectivity index (χ1) is 14.7. The van der Waals surface area contributed by atoms with Crippen LogP contribution in [-0.4, -0.2) is 58.1 Å². The topological polar surface area (TPSA) is 99.2 Å². The Bertz CT molecular complexity index is 614. The fourth-order valence-electron chi connectivity index (χ4n) is 3.39. The molecule has 0 aromatic rings. The van der Waals surface area contributed by atoms with Crippen molar-refractivity contribution < 1.29 is 33.4 Å². The maximum Gasteiger partial charge on any atom is 0.306 e. The van der Waals surface area contributed by atoms with Gasteiger partial charge in [0.1, 0.15) is 16.8 Å². The number of hydrogen-bond donors (Lipinski definition) is 0. The summed E-state index contributed by atoms with van der Waals surface area (Å²) in [5, 5.41) is 0. The van der Waals surface area contributed by atoms with E-state index in [9.17, 15) is 19.2 Å². The van der Waals surface area contributed by atoms with Crippen LogP contribution in [0.25, 0.3) is 0 Å². The van der Waals surface area contributed by atoms with Crippen LogP contribution >= 0.6 is 0 Å². The first kappa shape index (κ1) is 30.9. The highest BCUT2D eigenvalue weighted by atomic mass is 16.6. The number of nitrogens with zero attached hydrogens (tertiary/aromatic N) is 1. The van der Waals surface area contributed by atoms with E-state index in [1.54, 1.807) is 69.4 Å². The summed E-state index contributed by atoms with van der Waals surface area (Å²) < 4.78 is 16.3. The molecule has 0 fully saturated rings. The highest BCUT2D eigenvalue weighted by Gasteiger charge is 2.38. The minimum absolute atomic E-state index is 0.0392. The number of hydrogen-bond acceptors (Lipinski definition) is 7. The Kier molecular flexibility index (Phi) is 11.1. The summed E-state index contributed by atoms with van der Waals surface area (Å²) in [6.45, 7) is 17.5. The highest BCUT2D eigenvalue weighted by Crippen LogP contribution is 2.33.